The van der Waals surface area contributed by atoms with Gasteiger partial charge in [0.25, 0.3) is 0 Å². The number of pyridine rings is 1. The lowest BCUT2D eigenvalue weighted by Gasteiger charge is -2.07. The predicted molar refractivity (Wildman–Crippen MR) is 52.9 cm³/mol. The van der Waals surface area contributed by atoms with E-state index in [-0.39, 0.29) is 6.29 Å². The largest absolute Gasteiger partial charge is 0.350 e. The second kappa shape index (κ2) is 5.08. The molecule has 3 heteroatoms. The molecule has 0 amide bonds. The van der Waals surface area contributed by atoms with Crippen molar-refractivity contribution < 1.29 is 9.47 Å². The molecule has 0 saturated carbocycles. The molecule has 0 aromatic carbocycles. The van der Waals surface area contributed by atoms with Crippen LogP contribution in [-0.2, 0) is 15.9 Å². The van der Waals surface area contributed by atoms with Crippen molar-refractivity contribution in [1.82, 2.24) is 4.98 Å². The molecule has 0 spiro atoms. The SMILES string of the molecule is c1cncc(CCCC2OCCO2)c1. The van der Waals surface area contributed by atoms with Crippen molar-refractivity contribution >= 4 is 0 Å². The van der Waals surface area contributed by atoms with E-state index >= 15 is 0 Å². The molecule has 0 unspecified atom stereocenters. The van der Waals surface area contributed by atoms with Crippen molar-refractivity contribution in [3.63, 3.8) is 0 Å². The van der Waals surface area contributed by atoms with Gasteiger partial charge in [0.05, 0.1) is 13.2 Å². The van der Waals surface area contributed by atoms with Crippen molar-refractivity contribution in [3.05, 3.63) is 30.1 Å². The van der Waals surface area contributed by atoms with Gasteiger partial charge < -0.3 is 9.47 Å². The maximum Gasteiger partial charge on any atom is 0.157 e. The van der Waals surface area contributed by atoms with E-state index in [0.29, 0.717) is 0 Å². The number of aromatic nitrogens is 1. The zero-order valence-corrected chi connectivity index (χ0v) is 8.19. The number of rotatable bonds is 4. The Kier molecular flexibility index (Phi) is 3.49. The summed E-state index contributed by atoms with van der Waals surface area (Å²) in [6.45, 7) is 1.50. The Bertz CT molecular complexity index is 257. The van der Waals surface area contributed by atoms with Crippen LogP contribution in [0.1, 0.15) is 18.4 Å². The molecule has 1 aliphatic heterocycles. The summed E-state index contributed by atoms with van der Waals surface area (Å²) < 4.78 is 10.7. The van der Waals surface area contributed by atoms with E-state index in [1.807, 2.05) is 12.3 Å². The van der Waals surface area contributed by atoms with Crippen LogP contribution < -0.4 is 0 Å². The normalized spacial score (nSPS) is 17.4. The second-order valence-corrected chi connectivity index (χ2v) is 3.42. The number of aryl methyl sites for hydroxylation is 1. The van der Waals surface area contributed by atoms with Crippen molar-refractivity contribution in [3.8, 4) is 0 Å². The van der Waals surface area contributed by atoms with Crippen LogP contribution in [0.5, 0.6) is 0 Å². The third-order valence-corrected chi connectivity index (χ3v) is 2.32. The summed E-state index contributed by atoms with van der Waals surface area (Å²) >= 11 is 0. The lowest BCUT2D eigenvalue weighted by atomic mass is 10.1. The minimum atomic E-state index is 0.0340. The topological polar surface area (TPSA) is 31.4 Å². The van der Waals surface area contributed by atoms with Crippen LogP contribution in [0.2, 0.25) is 0 Å². The molecule has 1 saturated heterocycles. The highest BCUT2D eigenvalue weighted by Gasteiger charge is 2.14. The predicted octanol–water partition coefficient (Wildman–Crippen LogP) is 1.78. The zero-order valence-electron chi connectivity index (χ0n) is 8.19. The van der Waals surface area contributed by atoms with E-state index in [9.17, 15) is 0 Å². The van der Waals surface area contributed by atoms with Crippen molar-refractivity contribution in [1.29, 1.82) is 0 Å². The maximum absolute atomic E-state index is 5.35. The average molecular weight is 193 g/mol. The minimum Gasteiger partial charge on any atom is -0.350 e. The Morgan fingerprint density at radius 1 is 1.36 bits per heavy atom. The first-order valence-corrected chi connectivity index (χ1v) is 5.07. The van der Waals surface area contributed by atoms with Gasteiger partial charge in [-0.2, -0.15) is 0 Å². The lowest BCUT2D eigenvalue weighted by molar-refractivity contribution is -0.0475. The van der Waals surface area contributed by atoms with Crippen LogP contribution in [0.25, 0.3) is 0 Å². The van der Waals surface area contributed by atoms with Gasteiger partial charge >= 0.3 is 0 Å². The summed E-state index contributed by atoms with van der Waals surface area (Å²) in [5.74, 6) is 0. The molecule has 1 aromatic heterocycles. The fraction of sp³-hybridized carbons (Fsp3) is 0.545. The molecular formula is C11H15NO2. The summed E-state index contributed by atoms with van der Waals surface area (Å²) in [6, 6.07) is 4.07. The molecular weight excluding hydrogens is 178 g/mol. The molecule has 1 fully saturated rings. The van der Waals surface area contributed by atoms with E-state index in [0.717, 1.165) is 32.5 Å². The number of hydrogen-bond donors (Lipinski definition) is 0. The van der Waals surface area contributed by atoms with Crippen LogP contribution in [-0.4, -0.2) is 24.5 Å². The Morgan fingerprint density at radius 2 is 2.21 bits per heavy atom. The average Bonchev–Trinajstić information content (AvgIpc) is 2.72. The monoisotopic (exact) mass is 193 g/mol. The smallest absolute Gasteiger partial charge is 0.157 e. The number of ether oxygens (including phenoxy) is 2. The third kappa shape index (κ3) is 2.79. The standard InChI is InChI=1S/C11H15NO2/c1(5-11-13-7-8-14-11)3-10-4-2-6-12-9-10/h2,4,6,9,11H,1,3,5,7-8H2. The van der Waals surface area contributed by atoms with Gasteiger partial charge in [-0.05, 0) is 30.9 Å². The number of hydrogen-bond acceptors (Lipinski definition) is 3. The first-order valence-electron chi connectivity index (χ1n) is 5.07. The Hall–Kier alpha value is -0.930. The molecule has 0 bridgehead atoms. The molecule has 76 valence electrons. The molecule has 2 rings (SSSR count). The van der Waals surface area contributed by atoms with E-state index in [2.05, 4.69) is 11.1 Å². The van der Waals surface area contributed by atoms with Gasteiger partial charge in [-0.1, -0.05) is 6.07 Å². The second-order valence-electron chi connectivity index (χ2n) is 3.42. The number of nitrogens with zero attached hydrogens (tertiary/aromatic N) is 1. The quantitative estimate of drug-likeness (QED) is 0.730. The molecule has 1 aromatic rings. The third-order valence-electron chi connectivity index (χ3n) is 2.32. The first-order chi connectivity index (χ1) is 6.95. The Morgan fingerprint density at radius 3 is 2.93 bits per heavy atom. The van der Waals surface area contributed by atoms with E-state index in [1.165, 1.54) is 5.56 Å². The fourth-order valence-corrected chi connectivity index (χ4v) is 1.59. The summed E-state index contributed by atoms with van der Waals surface area (Å²) in [5.41, 5.74) is 1.28. The van der Waals surface area contributed by atoms with Gasteiger partial charge in [0.2, 0.25) is 0 Å². The van der Waals surface area contributed by atoms with Crippen molar-refractivity contribution in [2.24, 2.45) is 0 Å². The summed E-state index contributed by atoms with van der Waals surface area (Å²) in [5, 5.41) is 0. The molecule has 0 aliphatic carbocycles. The fourth-order valence-electron chi connectivity index (χ4n) is 1.59. The highest BCUT2D eigenvalue weighted by molar-refractivity contribution is 5.08. The van der Waals surface area contributed by atoms with E-state index < -0.39 is 0 Å². The molecule has 0 radical (unpaired) electrons. The zero-order chi connectivity index (χ0) is 9.64. The molecule has 0 atom stereocenters. The molecule has 1 aliphatic rings. The van der Waals surface area contributed by atoms with Gasteiger partial charge in [-0.25, -0.2) is 0 Å². The van der Waals surface area contributed by atoms with Crippen molar-refractivity contribution in [2.75, 3.05) is 13.2 Å². The van der Waals surface area contributed by atoms with Crippen molar-refractivity contribution in [2.45, 2.75) is 25.6 Å². The van der Waals surface area contributed by atoms with Crippen LogP contribution in [0.15, 0.2) is 24.5 Å². The summed E-state index contributed by atoms with van der Waals surface area (Å²) in [7, 11) is 0. The Labute approximate surface area is 84.1 Å². The highest BCUT2D eigenvalue weighted by Crippen LogP contribution is 2.12. The van der Waals surface area contributed by atoms with Gasteiger partial charge in [-0.3, -0.25) is 4.98 Å². The molecule has 14 heavy (non-hydrogen) atoms. The molecule has 3 nitrogen and oxygen atoms in total. The van der Waals surface area contributed by atoms with Crippen LogP contribution in [0, 0.1) is 0 Å². The molecule has 2 heterocycles. The summed E-state index contributed by atoms with van der Waals surface area (Å²) in [6.07, 6.45) is 6.87. The van der Waals surface area contributed by atoms with Gasteiger partial charge in [0.15, 0.2) is 6.29 Å². The lowest BCUT2D eigenvalue weighted by Crippen LogP contribution is -2.07. The van der Waals surface area contributed by atoms with Crippen LogP contribution in [0.4, 0.5) is 0 Å². The van der Waals surface area contributed by atoms with Gasteiger partial charge in [0, 0.05) is 12.4 Å². The Balaban J connectivity index is 1.67. The van der Waals surface area contributed by atoms with Crippen LogP contribution >= 0.6 is 0 Å². The van der Waals surface area contributed by atoms with E-state index in [4.69, 9.17) is 9.47 Å². The van der Waals surface area contributed by atoms with Gasteiger partial charge in [0.1, 0.15) is 0 Å². The van der Waals surface area contributed by atoms with Crippen LogP contribution in [0.3, 0.4) is 0 Å². The maximum atomic E-state index is 5.35. The first kappa shape index (κ1) is 9.62. The molecule has 0 N–H and O–H groups in total. The highest BCUT2D eigenvalue weighted by atomic mass is 16.7. The minimum absolute atomic E-state index is 0.0340. The van der Waals surface area contributed by atoms with E-state index in [1.54, 1.807) is 6.20 Å². The van der Waals surface area contributed by atoms with Gasteiger partial charge in [-0.15, -0.1) is 0 Å². The summed E-state index contributed by atoms with van der Waals surface area (Å²) in [4.78, 5) is 4.07.